The third-order valence-corrected chi connectivity index (χ3v) is 4.35. The highest BCUT2D eigenvalue weighted by Gasteiger charge is 2.24. The van der Waals surface area contributed by atoms with E-state index in [0.717, 1.165) is 12.1 Å². The summed E-state index contributed by atoms with van der Waals surface area (Å²) >= 11 is 0. The maximum absolute atomic E-state index is 12.9. The van der Waals surface area contributed by atoms with Crippen LogP contribution in [0.4, 0.5) is 11.4 Å². The summed E-state index contributed by atoms with van der Waals surface area (Å²) in [7, 11) is 1.47. The number of non-ortho nitro benzene ring substituents is 2. The number of carbonyl (C=O) groups excluding carboxylic acids is 2. The van der Waals surface area contributed by atoms with Gasteiger partial charge in [-0.3, -0.25) is 25.0 Å². The van der Waals surface area contributed by atoms with Gasteiger partial charge < -0.3 is 9.64 Å². The average molecular weight is 401 g/mol. The minimum Gasteiger partial charge on any atom is -0.462 e. The van der Waals surface area contributed by atoms with Crippen molar-refractivity contribution < 1.29 is 24.2 Å². The number of nitrogens with zero attached hydrogens (tertiary/aromatic N) is 3. The monoisotopic (exact) mass is 401 g/mol. The Morgan fingerprint density at radius 2 is 1.66 bits per heavy atom. The molecule has 10 heteroatoms. The molecule has 2 aromatic rings. The lowest BCUT2D eigenvalue weighted by molar-refractivity contribution is -0.385. The van der Waals surface area contributed by atoms with E-state index in [-0.39, 0.29) is 23.4 Å². The van der Waals surface area contributed by atoms with Crippen LogP contribution in [-0.4, -0.2) is 40.3 Å². The molecule has 0 radical (unpaired) electrons. The Kier molecular flexibility index (Phi) is 6.60. The first-order chi connectivity index (χ1) is 13.6. The number of esters is 1. The number of hydrogen-bond donors (Lipinski definition) is 0. The highest BCUT2D eigenvalue weighted by Crippen LogP contribution is 2.26. The van der Waals surface area contributed by atoms with Gasteiger partial charge in [-0.25, -0.2) is 4.79 Å². The fraction of sp³-hybridized carbons (Fsp3) is 0.263. The predicted octanol–water partition coefficient (Wildman–Crippen LogP) is 3.51. The minimum absolute atomic E-state index is 0.0676. The molecule has 2 rings (SSSR count). The summed E-state index contributed by atoms with van der Waals surface area (Å²) in [6, 6.07) is 8.61. The number of nitro benzene ring substituents is 2. The fourth-order valence-corrected chi connectivity index (χ4v) is 2.67. The minimum atomic E-state index is -0.778. The Labute approximate surface area is 166 Å². The standard InChI is InChI=1S/C19H19N3O7/c1-4-29-19(24)15-8-14(10-17(11-15)22(27)28)18(23)20(3)12(2)13-6-5-7-16(9-13)21(25)26/h5-12H,4H2,1-3H3/t12-/m0/s1. The molecule has 1 amide bonds. The van der Waals surface area contributed by atoms with E-state index in [2.05, 4.69) is 0 Å². The first-order valence-electron chi connectivity index (χ1n) is 8.63. The topological polar surface area (TPSA) is 133 Å². The third-order valence-electron chi connectivity index (χ3n) is 4.35. The SMILES string of the molecule is CCOC(=O)c1cc(C(=O)N(C)[C@@H](C)c2cccc([N+](=O)[O-])c2)cc([N+](=O)[O-])c1. The lowest BCUT2D eigenvalue weighted by atomic mass is 10.0. The third kappa shape index (κ3) is 4.92. The molecule has 0 aliphatic carbocycles. The smallest absolute Gasteiger partial charge is 0.338 e. The van der Waals surface area contributed by atoms with Gasteiger partial charge in [0.05, 0.1) is 28.1 Å². The second kappa shape index (κ2) is 8.91. The predicted molar refractivity (Wildman–Crippen MR) is 103 cm³/mol. The van der Waals surface area contributed by atoms with Gasteiger partial charge in [-0.15, -0.1) is 0 Å². The van der Waals surface area contributed by atoms with Crippen LogP contribution in [0.2, 0.25) is 0 Å². The number of benzene rings is 2. The van der Waals surface area contributed by atoms with Gasteiger partial charge in [0.1, 0.15) is 0 Å². The van der Waals surface area contributed by atoms with Crippen LogP contribution in [0.3, 0.4) is 0 Å². The molecule has 0 aromatic heterocycles. The maximum Gasteiger partial charge on any atom is 0.338 e. The number of amides is 1. The van der Waals surface area contributed by atoms with Gasteiger partial charge in [0.25, 0.3) is 17.3 Å². The molecule has 2 aromatic carbocycles. The Balaban J connectivity index is 2.39. The second-order valence-electron chi connectivity index (χ2n) is 6.19. The zero-order valence-electron chi connectivity index (χ0n) is 16.0. The van der Waals surface area contributed by atoms with Crippen molar-refractivity contribution in [2.75, 3.05) is 13.7 Å². The van der Waals surface area contributed by atoms with Crippen LogP contribution in [-0.2, 0) is 4.74 Å². The second-order valence-corrected chi connectivity index (χ2v) is 6.19. The van der Waals surface area contributed by atoms with Crippen molar-refractivity contribution in [1.29, 1.82) is 0 Å². The van der Waals surface area contributed by atoms with Crippen molar-refractivity contribution in [3.05, 3.63) is 79.4 Å². The number of rotatable bonds is 7. The van der Waals surface area contributed by atoms with Crippen LogP contribution < -0.4 is 0 Å². The zero-order valence-corrected chi connectivity index (χ0v) is 16.0. The van der Waals surface area contributed by atoms with Crippen molar-refractivity contribution in [3.8, 4) is 0 Å². The van der Waals surface area contributed by atoms with Crippen LogP contribution in [0.25, 0.3) is 0 Å². The van der Waals surface area contributed by atoms with Crippen molar-refractivity contribution in [2.45, 2.75) is 19.9 Å². The molecule has 0 spiro atoms. The Hall–Kier alpha value is -3.82. The zero-order chi connectivity index (χ0) is 21.7. The van der Waals surface area contributed by atoms with Crippen LogP contribution in [0.15, 0.2) is 42.5 Å². The molecule has 0 aliphatic heterocycles. The molecule has 0 unspecified atom stereocenters. The van der Waals surface area contributed by atoms with E-state index in [0.29, 0.717) is 5.56 Å². The van der Waals surface area contributed by atoms with Crippen LogP contribution in [0.1, 0.15) is 46.2 Å². The molecule has 0 fully saturated rings. The molecule has 0 N–H and O–H groups in total. The van der Waals surface area contributed by atoms with E-state index >= 15 is 0 Å². The number of carbonyl (C=O) groups is 2. The normalized spacial score (nSPS) is 11.4. The van der Waals surface area contributed by atoms with E-state index in [1.165, 1.54) is 36.2 Å². The van der Waals surface area contributed by atoms with Gasteiger partial charge >= 0.3 is 5.97 Å². The van der Waals surface area contributed by atoms with E-state index < -0.39 is 33.5 Å². The van der Waals surface area contributed by atoms with Crippen molar-refractivity contribution in [2.24, 2.45) is 0 Å². The summed E-state index contributed by atoms with van der Waals surface area (Å²) in [5, 5.41) is 22.2. The number of nitro groups is 2. The number of ether oxygens (including phenoxy) is 1. The van der Waals surface area contributed by atoms with Crippen LogP contribution >= 0.6 is 0 Å². The molecule has 152 valence electrons. The van der Waals surface area contributed by atoms with Gasteiger partial charge in [-0.1, -0.05) is 12.1 Å². The van der Waals surface area contributed by atoms with Gasteiger partial charge in [0.2, 0.25) is 0 Å². The van der Waals surface area contributed by atoms with E-state index in [1.807, 2.05) is 0 Å². The fourth-order valence-electron chi connectivity index (χ4n) is 2.67. The molecule has 0 aliphatic rings. The molecule has 0 heterocycles. The molecular weight excluding hydrogens is 382 g/mol. The average Bonchev–Trinajstić information content (AvgIpc) is 2.71. The van der Waals surface area contributed by atoms with Crippen molar-refractivity contribution in [3.63, 3.8) is 0 Å². The van der Waals surface area contributed by atoms with Crippen molar-refractivity contribution in [1.82, 2.24) is 4.90 Å². The van der Waals surface area contributed by atoms with Crippen LogP contribution in [0, 0.1) is 20.2 Å². The summed E-state index contributed by atoms with van der Waals surface area (Å²) in [4.78, 5) is 47.1. The van der Waals surface area contributed by atoms with Gasteiger partial charge in [-0.2, -0.15) is 0 Å². The lowest BCUT2D eigenvalue weighted by Gasteiger charge is -2.25. The molecule has 29 heavy (non-hydrogen) atoms. The summed E-state index contributed by atoms with van der Waals surface area (Å²) in [6.45, 7) is 3.34. The summed E-state index contributed by atoms with van der Waals surface area (Å²) in [5.41, 5.74) is -0.195. The van der Waals surface area contributed by atoms with Gasteiger partial charge in [0.15, 0.2) is 0 Å². The molecule has 0 bridgehead atoms. The molecule has 1 atom stereocenters. The quantitative estimate of drug-likeness (QED) is 0.394. The Bertz CT molecular complexity index is 974. The van der Waals surface area contributed by atoms with Crippen LogP contribution in [0.5, 0.6) is 0 Å². The van der Waals surface area contributed by atoms with E-state index in [4.69, 9.17) is 4.74 Å². The number of hydrogen-bond acceptors (Lipinski definition) is 7. The molecule has 0 saturated carbocycles. The largest absolute Gasteiger partial charge is 0.462 e. The lowest BCUT2D eigenvalue weighted by Crippen LogP contribution is -2.30. The Morgan fingerprint density at radius 1 is 1.03 bits per heavy atom. The summed E-state index contributed by atoms with van der Waals surface area (Å²) in [5.74, 6) is -1.36. The molecular formula is C19H19N3O7. The summed E-state index contributed by atoms with van der Waals surface area (Å²) < 4.78 is 4.86. The first-order valence-corrected chi connectivity index (χ1v) is 8.63. The Morgan fingerprint density at radius 3 is 2.24 bits per heavy atom. The molecule has 0 saturated heterocycles. The summed E-state index contributed by atoms with van der Waals surface area (Å²) in [6.07, 6.45) is 0. The maximum atomic E-state index is 12.9. The van der Waals surface area contributed by atoms with E-state index in [9.17, 15) is 29.8 Å². The molecule has 10 nitrogen and oxygen atoms in total. The van der Waals surface area contributed by atoms with Gasteiger partial charge in [0, 0.05) is 36.9 Å². The highest BCUT2D eigenvalue weighted by molar-refractivity contribution is 5.99. The first kappa shape index (κ1) is 21.5. The van der Waals surface area contributed by atoms with E-state index in [1.54, 1.807) is 19.9 Å². The van der Waals surface area contributed by atoms with Gasteiger partial charge in [-0.05, 0) is 25.5 Å². The van der Waals surface area contributed by atoms with Crippen molar-refractivity contribution >= 4 is 23.3 Å². The highest BCUT2D eigenvalue weighted by atomic mass is 16.6.